The molecule has 122 valence electrons. The predicted octanol–water partition coefficient (Wildman–Crippen LogP) is 3.95. The molecule has 0 saturated carbocycles. The lowest BCUT2D eigenvalue weighted by atomic mass is 10.3. The maximum absolute atomic E-state index is 6.04. The van der Waals surface area contributed by atoms with E-state index in [0.29, 0.717) is 6.23 Å². The molecule has 0 aromatic carbocycles. The molecular formula is C15H34O4Si. The zero-order valence-electron chi connectivity index (χ0n) is 14.4. The van der Waals surface area contributed by atoms with Crippen LogP contribution in [0.3, 0.4) is 0 Å². The van der Waals surface area contributed by atoms with Crippen LogP contribution in [0.5, 0.6) is 0 Å². The maximum atomic E-state index is 6.04. The van der Waals surface area contributed by atoms with Crippen molar-refractivity contribution in [3.8, 4) is 0 Å². The van der Waals surface area contributed by atoms with Gasteiger partial charge in [-0.1, -0.05) is 19.8 Å². The maximum Gasteiger partial charge on any atom is 0.528 e. The average Bonchev–Trinajstić information content (AvgIpc) is 2.25. The second-order valence-electron chi connectivity index (χ2n) is 5.94. The second kappa shape index (κ2) is 10.7. The standard InChI is InChI=1S/C15H34O4Si/c1-8-9-10-11-16-12-20(17-13(2)3,18-14(4)5)19-15(6)7/h13-15H,8-12H2,1-7H3. The highest BCUT2D eigenvalue weighted by Gasteiger charge is 2.44. The van der Waals surface area contributed by atoms with Gasteiger partial charge in [-0.3, -0.25) is 0 Å². The van der Waals surface area contributed by atoms with E-state index in [1.165, 1.54) is 12.8 Å². The van der Waals surface area contributed by atoms with Crippen LogP contribution in [0.2, 0.25) is 0 Å². The first-order chi connectivity index (χ1) is 9.31. The highest BCUT2D eigenvalue weighted by atomic mass is 28.4. The summed E-state index contributed by atoms with van der Waals surface area (Å²) >= 11 is 0. The van der Waals surface area contributed by atoms with Crippen LogP contribution in [-0.4, -0.2) is 40.0 Å². The summed E-state index contributed by atoms with van der Waals surface area (Å²) in [7, 11) is -2.77. The van der Waals surface area contributed by atoms with Gasteiger partial charge in [0.2, 0.25) is 0 Å². The largest absolute Gasteiger partial charge is 0.528 e. The van der Waals surface area contributed by atoms with Gasteiger partial charge in [-0.05, 0) is 48.0 Å². The summed E-state index contributed by atoms with van der Waals surface area (Å²) in [5.74, 6) is 0. The number of ether oxygens (including phenoxy) is 1. The van der Waals surface area contributed by atoms with E-state index in [2.05, 4.69) is 6.92 Å². The Labute approximate surface area is 126 Å². The summed E-state index contributed by atoms with van der Waals surface area (Å²) in [6, 6.07) is 0. The van der Waals surface area contributed by atoms with Gasteiger partial charge in [0.15, 0.2) is 0 Å². The third-order valence-corrected chi connectivity index (χ3v) is 5.47. The Balaban J connectivity index is 4.60. The first kappa shape index (κ1) is 20.1. The van der Waals surface area contributed by atoms with Crippen molar-refractivity contribution >= 4 is 8.80 Å². The number of hydrogen-bond donors (Lipinski definition) is 0. The molecule has 0 fully saturated rings. The fraction of sp³-hybridized carbons (Fsp3) is 1.00. The molecule has 0 unspecified atom stereocenters. The quantitative estimate of drug-likeness (QED) is 0.404. The molecule has 0 bridgehead atoms. The second-order valence-corrected chi connectivity index (χ2v) is 8.30. The molecule has 0 N–H and O–H groups in total. The first-order valence-corrected chi connectivity index (χ1v) is 9.85. The van der Waals surface area contributed by atoms with E-state index in [1.54, 1.807) is 0 Å². The molecule has 0 saturated heterocycles. The van der Waals surface area contributed by atoms with Crippen LogP contribution in [0.4, 0.5) is 0 Å². The fourth-order valence-electron chi connectivity index (χ4n) is 1.91. The summed E-state index contributed by atoms with van der Waals surface area (Å²) in [4.78, 5) is 0. The van der Waals surface area contributed by atoms with Crippen LogP contribution in [0.15, 0.2) is 0 Å². The summed E-state index contributed by atoms with van der Waals surface area (Å²) < 4.78 is 23.9. The zero-order chi connectivity index (χ0) is 15.6. The Morgan fingerprint density at radius 1 is 0.750 bits per heavy atom. The molecular weight excluding hydrogens is 272 g/mol. The number of hydrogen-bond acceptors (Lipinski definition) is 4. The van der Waals surface area contributed by atoms with Gasteiger partial charge in [0.05, 0.1) is 0 Å². The van der Waals surface area contributed by atoms with Crippen molar-refractivity contribution in [2.75, 3.05) is 12.8 Å². The summed E-state index contributed by atoms with van der Waals surface area (Å²) in [6.07, 6.45) is 4.10. The molecule has 0 aliphatic rings. The third-order valence-electron chi connectivity index (χ3n) is 2.42. The molecule has 0 aliphatic heterocycles. The molecule has 0 heterocycles. The Bertz CT molecular complexity index is 205. The molecule has 0 radical (unpaired) electrons. The van der Waals surface area contributed by atoms with E-state index in [4.69, 9.17) is 18.0 Å². The molecule has 0 aromatic heterocycles. The summed E-state index contributed by atoms with van der Waals surface area (Å²) in [5, 5.41) is 0. The Morgan fingerprint density at radius 3 is 1.55 bits per heavy atom. The van der Waals surface area contributed by atoms with Gasteiger partial charge in [0.1, 0.15) is 6.23 Å². The lowest BCUT2D eigenvalue weighted by Gasteiger charge is -2.34. The van der Waals surface area contributed by atoms with Crippen molar-refractivity contribution in [3.05, 3.63) is 0 Å². The van der Waals surface area contributed by atoms with Crippen LogP contribution >= 0.6 is 0 Å². The van der Waals surface area contributed by atoms with Gasteiger partial charge < -0.3 is 18.0 Å². The molecule has 0 aromatic rings. The monoisotopic (exact) mass is 306 g/mol. The SMILES string of the molecule is CCCCCOC[Si](OC(C)C)(OC(C)C)OC(C)C. The van der Waals surface area contributed by atoms with Crippen LogP contribution in [0.25, 0.3) is 0 Å². The van der Waals surface area contributed by atoms with Gasteiger partial charge in [-0.25, -0.2) is 0 Å². The minimum Gasteiger partial charge on any atom is -0.377 e. The van der Waals surface area contributed by atoms with E-state index < -0.39 is 8.80 Å². The molecule has 0 spiro atoms. The zero-order valence-corrected chi connectivity index (χ0v) is 15.4. The number of unbranched alkanes of at least 4 members (excludes halogenated alkanes) is 2. The van der Waals surface area contributed by atoms with Crippen molar-refractivity contribution in [1.29, 1.82) is 0 Å². The minimum absolute atomic E-state index is 0.0680. The van der Waals surface area contributed by atoms with Crippen molar-refractivity contribution in [3.63, 3.8) is 0 Å². The third kappa shape index (κ3) is 9.88. The summed E-state index contributed by atoms with van der Waals surface area (Å²) in [6.45, 7) is 15.0. The highest BCUT2D eigenvalue weighted by molar-refractivity contribution is 6.60. The molecule has 20 heavy (non-hydrogen) atoms. The Kier molecular flexibility index (Phi) is 10.8. The van der Waals surface area contributed by atoms with E-state index in [9.17, 15) is 0 Å². The van der Waals surface area contributed by atoms with Gasteiger partial charge in [-0.15, -0.1) is 0 Å². The van der Waals surface area contributed by atoms with Crippen molar-refractivity contribution < 1.29 is 18.0 Å². The molecule has 0 atom stereocenters. The van der Waals surface area contributed by atoms with Gasteiger partial charge >= 0.3 is 8.80 Å². The van der Waals surface area contributed by atoms with Crippen LogP contribution < -0.4 is 0 Å². The highest BCUT2D eigenvalue weighted by Crippen LogP contribution is 2.18. The van der Waals surface area contributed by atoms with E-state index >= 15 is 0 Å². The van der Waals surface area contributed by atoms with E-state index in [1.807, 2.05) is 41.5 Å². The normalized spacial score (nSPS) is 12.9. The predicted molar refractivity (Wildman–Crippen MR) is 84.8 cm³/mol. The fourth-order valence-corrected chi connectivity index (χ4v) is 4.83. The number of rotatable bonds is 12. The smallest absolute Gasteiger partial charge is 0.377 e. The minimum atomic E-state index is -2.77. The Hall–Kier alpha value is 0.0569. The topological polar surface area (TPSA) is 36.9 Å². The lowest BCUT2D eigenvalue weighted by molar-refractivity contribution is -0.0224. The molecule has 5 heteroatoms. The molecule has 0 rings (SSSR count). The molecule has 0 amide bonds. The first-order valence-electron chi connectivity index (χ1n) is 7.92. The van der Waals surface area contributed by atoms with Crippen molar-refractivity contribution in [2.24, 2.45) is 0 Å². The van der Waals surface area contributed by atoms with Crippen LogP contribution in [0, 0.1) is 0 Å². The molecule has 4 nitrogen and oxygen atoms in total. The van der Waals surface area contributed by atoms with Crippen LogP contribution in [0.1, 0.15) is 67.7 Å². The van der Waals surface area contributed by atoms with Crippen molar-refractivity contribution in [2.45, 2.75) is 86.0 Å². The van der Waals surface area contributed by atoms with Gasteiger partial charge in [0.25, 0.3) is 0 Å². The lowest BCUT2D eigenvalue weighted by Crippen LogP contribution is -2.55. The molecule has 0 aliphatic carbocycles. The summed E-state index contributed by atoms with van der Waals surface area (Å²) in [5.41, 5.74) is 0. The van der Waals surface area contributed by atoms with Gasteiger partial charge in [-0.2, -0.15) is 0 Å². The van der Waals surface area contributed by atoms with Gasteiger partial charge in [0, 0.05) is 24.9 Å². The van der Waals surface area contributed by atoms with E-state index in [0.717, 1.165) is 13.0 Å². The van der Waals surface area contributed by atoms with Crippen LogP contribution in [-0.2, 0) is 18.0 Å². The van der Waals surface area contributed by atoms with Crippen molar-refractivity contribution in [1.82, 2.24) is 0 Å². The average molecular weight is 307 g/mol. The van der Waals surface area contributed by atoms with E-state index in [-0.39, 0.29) is 18.3 Å². The Morgan fingerprint density at radius 2 is 1.20 bits per heavy atom.